The van der Waals surface area contributed by atoms with Crippen LogP contribution in [0.4, 0.5) is 4.79 Å². The van der Waals surface area contributed by atoms with Crippen molar-refractivity contribution < 1.29 is 14.7 Å². The molecule has 2 aliphatic rings. The molecule has 20 heavy (non-hydrogen) atoms. The lowest BCUT2D eigenvalue weighted by Crippen LogP contribution is -2.55. The Morgan fingerprint density at radius 3 is 2.45 bits per heavy atom. The second-order valence-corrected chi connectivity index (χ2v) is 6.23. The van der Waals surface area contributed by atoms with Crippen molar-refractivity contribution in [1.29, 1.82) is 0 Å². The van der Waals surface area contributed by atoms with Crippen molar-refractivity contribution in [3.05, 3.63) is 0 Å². The molecule has 2 heterocycles. The van der Waals surface area contributed by atoms with E-state index in [4.69, 9.17) is 0 Å². The fraction of sp³-hybridized carbons (Fsp3) is 0.857. The summed E-state index contributed by atoms with van der Waals surface area (Å²) in [4.78, 5) is 29.5. The van der Waals surface area contributed by atoms with E-state index in [0.717, 1.165) is 25.8 Å². The second-order valence-electron chi connectivity index (χ2n) is 6.23. The minimum absolute atomic E-state index is 0.0254. The van der Waals surface area contributed by atoms with Gasteiger partial charge in [-0.25, -0.2) is 9.59 Å². The van der Waals surface area contributed by atoms with Crippen molar-refractivity contribution in [3.8, 4) is 0 Å². The quantitative estimate of drug-likeness (QED) is 0.819. The van der Waals surface area contributed by atoms with Crippen LogP contribution in [0.2, 0.25) is 0 Å². The van der Waals surface area contributed by atoms with Crippen LogP contribution in [0.15, 0.2) is 0 Å². The van der Waals surface area contributed by atoms with E-state index in [1.165, 1.54) is 0 Å². The van der Waals surface area contributed by atoms with Gasteiger partial charge in [-0.1, -0.05) is 6.92 Å². The number of carboxylic acid groups (broad SMARTS) is 1. The fourth-order valence-electron chi connectivity index (χ4n) is 3.30. The number of carbonyl (C=O) groups is 2. The smallest absolute Gasteiger partial charge is 0.326 e. The van der Waals surface area contributed by atoms with E-state index in [1.807, 2.05) is 21.0 Å². The van der Waals surface area contributed by atoms with Crippen LogP contribution in [-0.2, 0) is 4.79 Å². The predicted octanol–water partition coefficient (Wildman–Crippen LogP) is 0.927. The summed E-state index contributed by atoms with van der Waals surface area (Å²) in [5.41, 5.74) is 0. The molecule has 0 aromatic heterocycles. The molecule has 2 rings (SSSR count). The normalized spacial score (nSPS) is 30.9. The van der Waals surface area contributed by atoms with Crippen LogP contribution in [0.3, 0.4) is 0 Å². The molecule has 6 heteroatoms. The van der Waals surface area contributed by atoms with E-state index in [9.17, 15) is 14.7 Å². The molecule has 3 atom stereocenters. The lowest BCUT2D eigenvalue weighted by Gasteiger charge is -2.39. The number of carbonyl (C=O) groups excluding carboxylic acids is 1. The van der Waals surface area contributed by atoms with Crippen molar-refractivity contribution in [3.63, 3.8) is 0 Å². The Hall–Kier alpha value is -1.30. The molecule has 2 amide bonds. The molecule has 0 radical (unpaired) electrons. The molecular formula is C14H25N3O3. The van der Waals surface area contributed by atoms with Crippen molar-refractivity contribution in [2.75, 3.05) is 33.7 Å². The first-order chi connectivity index (χ1) is 9.41. The van der Waals surface area contributed by atoms with Gasteiger partial charge >= 0.3 is 12.0 Å². The Morgan fingerprint density at radius 2 is 1.90 bits per heavy atom. The molecule has 0 bridgehead atoms. The SMILES string of the molecule is CC1CCCN(C(=O)N2CCC(N(C)C)C2)C1C(=O)O. The summed E-state index contributed by atoms with van der Waals surface area (Å²) in [6.07, 6.45) is 2.72. The van der Waals surface area contributed by atoms with Gasteiger partial charge in [0.25, 0.3) is 0 Å². The van der Waals surface area contributed by atoms with E-state index in [-0.39, 0.29) is 11.9 Å². The van der Waals surface area contributed by atoms with E-state index in [2.05, 4.69) is 4.90 Å². The zero-order valence-electron chi connectivity index (χ0n) is 12.6. The van der Waals surface area contributed by atoms with Crippen LogP contribution in [0.1, 0.15) is 26.2 Å². The highest BCUT2D eigenvalue weighted by Crippen LogP contribution is 2.26. The van der Waals surface area contributed by atoms with Gasteiger partial charge in [0, 0.05) is 25.7 Å². The number of likely N-dealkylation sites (tertiary alicyclic amines) is 2. The number of amides is 2. The van der Waals surface area contributed by atoms with Crippen LogP contribution in [0.5, 0.6) is 0 Å². The second kappa shape index (κ2) is 5.99. The van der Waals surface area contributed by atoms with Crippen molar-refractivity contribution in [1.82, 2.24) is 14.7 Å². The summed E-state index contributed by atoms with van der Waals surface area (Å²) >= 11 is 0. The molecule has 0 aromatic carbocycles. The summed E-state index contributed by atoms with van der Waals surface area (Å²) < 4.78 is 0. The number of rotatable bonds is 2. The average Bonchev–Trinajstić information content (AvgIpc) is 2.86. The molecule has 2 aliphatic heterocycles. The molecule has 0 spiro atoms. The zero-order chi connectivity index (χ0) is 14.9. The number of hydrogen-bond acceptors (Lipinski definition) is 3. The summed E-state index contributed by atoms with van der Waals surface area (Å²) in [7, 11) is 4.03. The Kier molecular flexibility index (Phi) is 4.52. The van der Waals surface area contributed by atoms with Gasteiger partial charge in [0.2, 0.25) is 0 Å². The lowest BCUT2D eigenvalue weighted by atomic mass is 9.91. The summed E-state index contributed by atoms with van der Waals surface area (Å²) in [6.45, 7) is 3.90. The Morgan fingerprint density at radius 1 is 1.20 bits per heavy atom. The lowest BCUT2D eigenvalue weighted by molar-refractivity contribution is -0.145. The summed E-state index contributed by atoms with van der Waals surface area (Å²) in [5, 5.41) is 9.39. The first-order valence-corrected chi connectivity index (χ1v) is 7.36. The maximum Gasteiger partial charge on any atom is 0.326 e. The maximum atomic E-state index is 12.6. The number of nitrogens with zero attached hydrogens (tertiary/aromatic N) is 3. The van der Waals surface area contributed by atoms with Gasteiger partial charge in [-0.05, 0) is 39.3 Å². The van der Waals surface area contributed by atoms with Gasteiger partial charge in [0.15, 0.2) is 0 Å². The number of aliphatic carboxylic acids is 1. The average molecular weight is 283 g/mol. The predicted molar refractivity (Wildman–Crippen MR) is 75.6 cm³/mol. The molecule has 6 nitrogen and oxygen atoms in total. The first kappa shape index (κ1) is 15.1. The van der Waals surface area contributed by atoms with Gasteiger partial charge in [-0.3, -0.25) is 0 Å². The fourth-order valence-corrected chi connectivity index (χ4v) is 3.30. The van der Waals surface area contributed by atoms with E-state index in [1.54, 1.807) is 9.80 Å². The van der Waals surface area contributed by atoms with Crippen LogP contribution < -0.4 is 0 Å². The van der Waals surface area contributed by atoms with Gasteiger partial charge in [0.05, 0.1) is 0 Å². The number of likely N-dealkylation sites (N-methyl/N-ethyl adjacent to an activating group) is 1. The molecule has 0 aliphatic carbocycles. The molecule has 114 valence electrons. The van der Waals surface area contributed by atoms with Crippen molar-refractivity contribution >= 4 is 12.0 Å². The number of urea groups is 1. The number of piperidine rings is 1. The third kappa shape index (κ3) is 2.90. The molecule has 0 saturated carbocycles. The van der Waals surface area contributed by atoms with Gasteiger partial charge in [0.1, 0.15) is 6.04 Å². The van der Waals surface area contributed by atoms with Crippen LogP contribution in [0.25, 0.3) is 0 Å². The topological polar surface area (TPSA) is 64.1 Å². The monoisotopic (exact) mass is 283 g/mol. The molecule has 2 fully saturated rings. The number of hydrogen-bond donors (Lipinski definition) is 1. The van der Waals surface area contributed by atoms with Crippen molar-refractivity contribution in [2.24, 2.45) is 5.92 Å². The minimum Gasteiger partial charge on any atom is -0.480 e. The summed E-state index contributed by atoms with van der Waals surface area (Å²) in [6, 6.07) is -0.396. The van der Waals surface area contributed by atoms with E-state index >= 15 is 0 Å². The third-order valence-corrected chi connectivity index (χ3v) is 4.60. The number of carboxylic acids is 1. The van der Waals surface area contributed by atoms with E-state index in [0.29, 0.717) is 19.1 Å². The minimum atomic E-state index is -0.881. The Labute approximate surface area is 120 Å². The molecule has 0 aromatic rings. The molecule has 3 unspecified atom stereocenters. The first-order valence-electron chi connectivity index (χ1n) is 7.36. The van der Waals surface area contributed by atoms with Gasteiger partial charge < -0.3 is 19.8 Å². The Balaban J connectivity index is 2.06. The van der Waals surface area contributed by atoms with Crippen molar-refractivity contribution in [2.45, 2.75) is 38.3 Å². The highest BCUT2D eigenvalue weighted by atomic mass is 16.4. The third-order valence-electron chi connectivity index (χ3n) is 4.60. The van der Waals surface area contributed by atoms with Crippen LogP contribution in [-0.4, -0.2) is 77.6 Å². The molecular weight excluding hydrogens is 258 g/mol. The van der Waals surface area contributed by atoms with Crippen LogP contribution >= 0.6 is 0 Å². The summed E-state index contributed by atoms with van der Waals surface area (Å²) in [5.74, 6) is -0.855. The molecule has 2 saturated heterocycles. The highest BCUT2D eigenvalue weighted by molar-refractivity contribution is 5.83. The highest BCUT2D eigenvalue weighted by Gasteiger charge is 2.40. The van der Waals surface area contributed by atoms with Gasteiger partial charge in [-0.15, -0.1) is 0 Å². The molecule has 1 N–H and O–H groups in total. The maximum absolute atomic E-state index is 12.6. The van der Waals surface area contributed by atoms with E-state index < -0.39 is 12.0 Å². The zero-order valence-corrected chi connectivity index (χ0v) is 12.6. The largest absolute Gasteiger partial charge is 0.480 e. The van der Waals surface area contributed by atoms with Crippen LogP contribution in [0, 0.1) is 5.92 Å². The Bertz CT molecular complexity index is 386. The van der Waals surface area contributed by atoms with Gasteiger partial charge in [-0.2, -0.15) is 0 Å². The standard InChI is InChI=1S/C14H25N3O3/c1-10-5-4-7-17(12(10)13(18)19)14(20)16-8-6-11(9-16)15(2)3/h10-12H,4-9H2,1-3H3,(H,18,19).